The normalized spacial score (nSPS) is 18.2. The van der Waals surface area contributed by atoms with Crippen LogP contribution in [0.4, 0.5) is 0 Å². The fourth-order valence-corrected chi connectivity index (χ4v) is 2.09. The molecule has 5 nitrogen and oxygen atoms in total. The summed E-state index contributed by atoms with van der Waals surface area (Å²) < 4.78 is 11.0. The van der Waals surface area contributed by atoms with Crippen molar-refractivity contribution in [2.24, 2.45) is 5.73 Å². The number of nitrogens with one attached hydrogen (secondary N) is 1. The number of aryl methyl sites for hydroxylation is 1. The summed E-state index contributed by atoms with van der Waals surface area (Å²) in [5, 5.41) is 3.47. The molecule has 2 heterocycles. The minimum absolute atomic E-state index is 0.0108. The van der Waals surface area contributed by atoms with Crippen molar-refractivity contribution in [3.05, 3.63) is 24.0 Å². The van der Waals surface area contributed by atoms with Gasteiger partial charge in [-0.3, -0.25) is 4.98 Å². The van der Waals surface area contributed by atoms with Crippen LogP contribution in [-0.4, -0.2) is 43.4 Å². The molecule has 1 atom stereocenters. The van der Waals surface area contributed by atoms with Crippen LogP contribution in [0.15, 0.2) is 18.5 Å². The number of nitrogens with two attached hydrogens (primary N) is 1. The largest absolute Gasteiger partial charge is 0.490 e. The van der Waals surface area contributed by atoms with Gasteiger partial charge in [0.15, 0.2) is 0 Å². The standard InChI is InChI=1S/C14H23N3O2/c1-11-6-14(9-16-7-11)19-10-12(15)8-17-13-2-4-18-5-3-13/h6-7,9,12-13,17H,2-5,8,10,15H2,1H3. The Bertz CT molecular complexity index is 381. The minimum atomic E-state index is -0.0108. The van der Waals surface area contributed by atoms with Crippen molar-refractivity contribution < 1.29 is 9.47 Å². The van der Waals surface area contributed by atoms with Crippen LogP contribution in [0.1, 0.15) is 18.4 Å². The van der Waals surface area contributed by atoms with Crippen molar-refractivity contribution in [2.75, 3.05) is 26.4 Å². The van der Waals surface area contributed by atoms with Crippen LogP contribution in [0.25, 0.3) is 0 Å². The van der Waals surface area contributed by atoms with Crippen molar-refractivity contribution >= 4 is 0 Å². The van der Waals surface area contributed by atoms with Crippen molar-refractivity contribution in [3.8, 4) is 5.75 Å². The van der Waals surface area contributed by atoms with E-state index in [1.165, 1.54) is 0 Å². The Hall–Kier alpha value is -1.17. The van der Waals surface area contributed by atoms with Gasteiger partial charge in [0.05, 0.1) is 12.2 Å². The first-order valence-corrected chi connectivity index (χ1v) is 6.85. The monoisotopic (exact) mass is 265 g/mol. The summed E-state index contributed by atoms with van der Waals surface area (Å²) in [5.74, 6) is 0.779. The van der Waals surface area contributed by atoms with Crippen LogP contribution in [0.2, 0.25) is 0 Å². The number of ether oxygens (including phenoxy) is 2. The molecule has 1 fully saturated rings. The molecule has 5 heteroatoms. The van der Waals surface area contributed by atoms with Crippen LogP contribution in [0.5, 0.6) is 5.75 Å². The second-order valence-electron chi connectivity index (χ2n) is 5.06. The molecule has 1 saturated heterocycles. The molecule has 2 rings (SSSR count). The molecule has 19 heavy (non-hydrogen) atoms. The first kappa shape index (κ1) is 14.2. The minimum Gasteiger partial charge on any atom is -0.490 e. The van der Waals surface area contributed by atoms with Gasteiger partial charge in [-0.15, -0.1) is 0 Å². The third kappa shape index (κ3) is 5.14. The molecule has 0 aliphatic carbocycles. The Morgan fingerprint density at radius 1 is 1.47 bits per heavy atom. The van der Waals surface area contributed by atoms with Crippen LogP contribution < -0.4 is 15.8 Å². The molecule has 0 saturated carbocycles. The Morgan fingerprint density at radius 2 is 2.26 bits per heavy atom. The predicted molar refractivity (Wildman–Crippen MR) is 74.3 cm³/mol. The van der Waals surface area contributed by atoms with E-state index in [4.69, 9.17) is 15.2 Å². The van der Waals surface area contributed by atoms with Gasteiger partial charge in [0.2, 0.25) is 0 Å². The molecule has 1 unspecified atom stereocenters. The van der Waals surface area contributed by atoms with Crippen molar-refractivity contribution in [1.82, 2.24) is 10.3 Å². The van der Waals surface area contributed by atoms with E-state index >= 15 is 0 Å². The van der Waals surface area contributed by atoms with E-state index in [1.54, 1.807) is 12.4 Å². The molecule has 3 N–H and O–H groups in total. The summed E-state index contributed by atoms with van der Waals surface area (Å²) in [7, 11) is 0. The number of hydrogen-bond donors (Lipinski definition) is 2. The molecule has 1 aliphatic heterocycles. The molecule has 1 aromatic heterocycles. The van der Waals surface area contributed by atoms with E-state index in [9.17, 15) is 0 Å². The van der Waals surface area contributed by atoms with Crippen LogP contribution in [0.3, 0.4) is 0 Å². The summed E-state index contributed by atoms with van der Waals surface area (Å²) in [5.41, 5.74) is 7.13. The summed E-state index contributed by atoms with van der Waals surface area (Å²) >= 11 is 0. The molecular weight excluding hydrogens is 242 g/mol. The van der Waals surface area contributed by atoms with Gasteiger partial charge < -0.3 is 20.5 Å². The fraction of sp³-hybridized carbons (Fsp3) is 0.643. The molecule has 0 spiro atoms. The second-order valence-corrected chi connectivity index (χ2v) is 5.06. The van der Waals surface area contributed by atoms with E-state index in [1.807, 2.05) is 13.0 Å². The molecule has 0 bridgehead atoms. The average Bonchev–Trinajstić information content (AvgIpc) is 2.44. The van der Waals surface area contributed by atoms with Gasteiger partial charge >= 0.3 is 0 Å². The fourth-order valence-electron chi connectivity index (χ4n) is 2.09. The van der Waals surface area contributed by atoms with Crippen molar-refractivity contribution in [3.63, 3.8) is 0 Å². The van der Waals surface area contributed by atoms with Crippen LogP contribution in [0, 0.1) is 6.92 Å². The highest BCUT2D eigenvalue weighted by molar-refractivity contribution is 5.22. The Morgan fingerprint density at radius 3 is 3.00 bits per heavy atom. The third-order valence-corrected chi connectivity index (χ3v) is 3.20. The Balaban J connectivity index is 1.65. The topological polar surface area (TPSA) is 69.4 Å². The van der Waals surface area contributed by atoms with Gasteiger partial charge in [-0.2, -0.15) is 0 Å². The maximum Gasteiger partial charge on any atom is 0.137 e. The molecule has 1 aromatic rings. The molecular formula is C14H23N3O2. The SMILES string of the molecule is Cc1cncc(OCC(N)CNC2CCOCC2)c1. The summed E-state index contributed by atoms with van der Waals surface area (Å²) in [6.45, 7) is 4.95. The molecule has 1 aliphatic rings. The summed E-state index contributed by atoms with van der Waals surface area (Å²) in [4.78, 5) is 4.09. The lowest BCUT2D eigenvalue weighted by Gasteiger charge is -2.24. The van der Waals surface area contributed by atoms with E-state index < -0.39 is 0 Å². The zero-order chi connectivity index (χ0) is 13.5. The lowest BCUT2D eigenvalue weighted by atomic mass is 10.1. The predicted octanol–water partition coefficient (Wildman–Crippen LogP) is 0.865. The van der Waals surface area contributed by atoms with Gasteiger partial charge in [0.1, 0.15) is 12.4 Å². The number of pyridine rings is 1. The highest BCUT2D eigenvalue weighted by Crippen LogP contribution is 2.10. The molecule has 0 aromatic carbocycles. The van der Waals surface area contributed by atoms with Crippen LogP contribution in [-0.2, 0) is 4.74 Å². The van der Waals surface area contributed by atoms with Gasteiger partial charge in [0, 0.05) is 32.0 Å². The number of hydrogen-bond acceptors (Lipinski definition) is 5. The lowest BCUT2D eigenvalue weighted by Crippen LogP contribution is -2.44. The van der Waals surface area contributed by atoms with E-state index in [0.29, 0.717) is 12.6 Å². The lowest BCUT2D eigenvalue weighted by molar-refractivity contribution is 0.0772. The highest BCUT2D eigenvalue weighted by atomic mass is 16.5. The first-order valence-electron chi connectivity index (χ1n) is 6.85. The summed E-state index contributed by atoms with van der Waals surface area (Å²) in [6.07, 6.45) is 5.65. The van der Waals surface area contributed by atoms with E-state index in [2.05, 4.69) is 10.3 Å². The zero-order valence-corrected chi connectivity index (χ0v) is 11.5. The van der Waals surface area contributed by atoms with E-state index in [0.717, 1.165) is 43.9 Å². The number of nitrogens with zero attached hydrogens (tertiary/aromatic N) is 1. The second kappa shape index (κ2) is 7.43. The average molecular weight is 265 g/mol. The Kier molecular flexibility index (Phi) is 5.57. The number of aromatic nitrogens is 1. The number of rotatable bonds is 6. The summed E-state index contributed by atoms with van der Waals surface area (Å²) in [6, 6.07) is 2.48. The van der Waals surface area contributed by atoms with Gasteiger partial charge in [-0.25, -0.2) is 0 Å². The van der Waals surface area contributed by atoms with Crippen LogP contribution >= 0.6 is 0 Å². The first-order chi connectivity index (χ1) is 9.24. The maximum atomic E-state index is 6.04. The van der Waals surface area contributed by atoms with Gasteiger partial charge in [-0.1, -0.05) is 0 Å². The Labute approximate surface area is 114 Å². The van der Waals surface area contributed by atoms with Crippen molar-refractivity contribution in [2.45, 2.75) is 31.8 Å². The van der Waals surface area contributed by atoms with E-state index in [-0.39, 0.29) is 6.04 Å². The maximum absolute atomic E-state index is 6.04. The smallest absolute Gasteiger partial charge is 0.137 e. The third-order valence-electron chi connectivity index (χ3n) is 3.20. The molecule has 0 amide bonds. The zero-order valence-electron chi connectivity index (χ0n) is 11.5. The molecule has 106 valence electrons. The highest BCUT2D eigenvalue weighted by Gasteiger charge is 2.14. The molecule has 0 radical (unpaired) electrons. The van der Waals surface area contributed by atoms with Crippen molar-refractivity contribution in [1.29, 1.82) is 0 Å². The van der Waals surface area contributed by atoms with Gasteiger partial charge in [-0.05, 0) is 31.4 Å². The van der Waals surface area contributed by atoms with Gasteiger partial charge in [0.25, 0.3) is 0 Å². The quantitative estimate of drug-likeness (QED) is 0.798.